The minimum Gasteiger partial charge on any atom is -0.488 e. The van der Waals surface area contributed by atoms with Crippen LogP contribution in [0.25, 0.3) is 0 Å². The number of nitrogens with zero attached hydrogens (tertiary/aromatic N) is 2. The van der Waals surface area contributed by atoms with Gasteiger partial charge < -0.3 is 20.3 Å². The van der Waals surface area contributed by atoms with Crippen LogP contribution in [0.1, 0.15) is 42.3 Å². The number of para-hydroxylation sites is 1. The maximum atomic E-state index is 12.1. The Kier molecular flexibility index (Phi) is 10.8. The van der Waals surface area contributed by atoms with Crippen molar-refractivity contribution >= 4 is 35.8 Å². The molecule has 0 spiro atoms. The fourth-order valence-electron chi connectivity index (χ4n) is 2.92. The second-order valence-corrected chi connectivity index (χ2v) is 8.32. The first kappa shape index (κ1) is 26.7. The van der Waals surface area contributed by atoms with E-state index in [0.717, 1.165) is 29.3 Å². The molecule has 6 nitrogen and oxygen atoms in total. The molecule has 0 aliphatic carbocycles. The molecule has 0 atom stereocenters. The van der Waals surface area contributed by atoms with Gasteiger partial charge in [-0.25, -0.2) is 0 Å². The lowest BCUT2D eigenvalue weighted by Crippen LogP contribution is -2.38. The van der Waals surface area contributed by atoms with Crippen LogP contribution >= 0.6 is 24.0 Å². The fourth-order valence-corrected chi connectivity index (χ4v) is 2.92. The molecule has 0 fully saturated rings. The third kappa shape index (κ3) is 9.16. The first-order valence-corrected chi connectivity index (χ1v) is 10.2. The van der Waals surface area contributed by atoms with Crippen molar-refractivity contribution in [1.82, 2.24) is 15.5 Å². The predicted octanol–water partition coefficient (Wildman–Crippen LogP) is 4.09. The van der Waals surface area contributed by atoms with Gasteiger partial charge in [0.05, 0.1) is 0 Å². The lowest BCUT2D eigenvalue weighted by atomic mass is 10.1. The molecule has 2 aromatic carbocycles. The van der Waals surface area contributed by atoms with E-state index in [0.29, 0.717) is 18.7 Å². The van der Waals surface area contributed by atoms with Crippen LogP contribution in [0.5, 0.6) is 5.75 Å². The van der Waals surface area contributed by atoms with Gasteiger partial charge in [0.15, 0.2) is 5.96 Å². The van der Waals surface area contributed by atoms with Crippen molar-refractivity contribution in [2.24, 2.45) is 4.99 Å². The molecule has 0 saturated carbocycles. The van der Waals surface area contributed by atoms with Crippen LogP contribution in [0.3, 0.4) is 0 Å². The number of rotatable bonds is 7. The van der Waals surface area contributed by atoms with E-state index in [9.17, 15) is 4.79 Å². The summed E-state index contributed by atoms with van der Waals surface area (Å²) in [4.78, 5) is 18.0. The number of benzene rings is 2. The van der Waals surface area contributed by atoms with E-state index in [1.807, 2.05) is 63.2 Å². The molecule has 0 unspecified atom stereocenters. The number of aliphatic imine (C=N–C) groups is 1. The zero-order valence-electron chi connectivity index (χ0n) is 19.4. The van der Waals surface area contributed by atoms with Crippen LogP contribution in [-0.2, 0) is 13.0 Å². The Hall–Kier alpha value is -2.29. The molecule has 2 aromatic rings. The summed E-state index contributed by atoms with van der Waals surface area (Å²) in [7, 11) is 5.27. The Bertz CT molecular complexity index is 876. The maximum absolute atomic E-state index is 12.1. The Morgan fingerprint density at radius 1 is 1.06 bits per heavy atom. The summed E-state index contributed by atoms with van der Waals surface area (Å²) in [5.41, 5.74) is 2.63. The van der Waals surface area contributed by atoms with Crippen molar-refractivity contribution in [3.05, 3.63) is 65.2 Å². The average Bonchev–Trinajstić information content (AvgIpc) is 2.70. The molecule has 2 rings (SSSR count). The number of amides is 1. The topological polar surface area (TPSA) is 66.0 Å². The largest absolute Gasteiger partial charge is 0.488 e. The van der Waals surface area contributed by atoms with Crippen molar-refractivity contribution in [3.63, 3.8) is 0 Å². The third-order valence-electron chi connectivity index (χ3n) is 4.34. The second-order valence-electron chi connectivity index (χ2n) is 8.32. The van der Waals surface area contributed by atoms with Gasteiger partial charge in [-0.1, -0.05) is 30.3 Å². The van der Waals surface area contributed by atoms with Gasteiger partial charge in [0.1, 0.15) is 11.4 Å². The second kappa shape index (κ2) is 12.5. The minimum absolute atomic E-state index is 0. The molecule has 1 amide bonds. The van der Waals surface area contributed by atoms with E-state index < -0.39 is 0 Å². The molecule has 2 N–H and O–H groups in total. The van der Waals surface area contributed by atoms with Gasteiger partial charge in [-0.3, -0.25) is 9.79 Å². The lowest BCUT2D eigenvalue weighted by Gasteiger charge is -2.23. The first-order chi connectivity index (χ1) is 14.2. The highest BCUT2D eigenvalue weighted by Crippen LogP contribution is 2.22. The van der Waals surface area contributed by atoms with Crippen LogP contribution in [0, 0.1) is 0 Å². The average molecular weight is 538 g/mol. The van der Waals surface area contributed by atoms with Gasteiger partial charge in [0, 0.05) is 45.4 Å². The van der Waals surface area contributed by atoms with Crippen LogP contribution < -0.4 is 15.4 Å². The molecule has 31 heavy (non-hydrogen) atoms. The molecule has 0 aromatic heterocycles. The molecule has 0 bridgehead atoms. The third-order valence-corrected chi connectivity index (χ3v) is 4.34. The molecular formula is C24H35IN4O2. The molecule has 0 radical (unpaired) electrons. The number of nitrogens with one attached hydrogen (secondary N) is 2. The van der Waals surface area contributed by atoms with Gasteiger partial charge >= 0.3 is 0 Å². The van der Waals surface area contributed by atoms with E-state index in [1.165, 1.54) is 0 Å². The van der Waals surface area contributed by atoms with Gasteiger partial charge in [0.25, 0.3) is 5.91 Å². The SMILES string of the molecule is CN=C(NCCc1cccc(C(=O)N(C)C)c1)NCc1ccccc1OC(C)(C)C.I. The lowest BCUT2D eigenvalue weighted by molar-refractivity contribution is 0.0827. The van der Waals surface area contributed by atoms with Crippen molar-refractivity contribution in [1.29, 1.82) is 0 Å². The van der Waals surface area contributed by atoms with E-state index >= 15 is 0 Å². The van der Waals surface area contributed by atoms with Crippen molar-refractivity contribution < 1.29 is 9.53 Å². The number of halogens is 1. The number of carbonyl (C=O) groups is 1. The van der Waals surface area contributed by atoms with E-state index in [-0.39, 0.29) is 35.5 Å². The minimum atomic E-state index is -0.251. The Morgan fingerprint density at radius 3 is 2.42 bits per heavy atom. The summed E-state index contributed by atoms with van der Waals surface area (Å²) in [6.07, 6.45) is 0.791. The van der Waals surface area contributed by atoms with Gasteiger partial charge in [-0.15, -0.1) is 24.0 Å². The normalized spacial score (nSPS) is 11.4. The van der Waals surface area contributed by atoms with Crippen molar-refractivity contribution in [2.45, 2.75) is 39.3 Å². The summed E-state index contributed by atoms with van der Waals surface area (Å²) in [5, 5.41) is 6.67. The summed E-state index contributed by atoms with van der Waals surface area (Å²) >= 11 is 0. The Morgan fingerprint density at radius 2 is 1.77 bits per heavy atom. The number of hydrogen-bond donors (Lipinski definition) is 2. The summed E-state index contributed by atoms with van der Waals surface area (Å²) in [5.74, 6) is 1.61. The Labute approximate surface area is 203 Å². The van der Waals surface area contributed by atoms with Crippen molar-refractivity contribution in [2.75, 3.05) is 27.7 Å². The van der Waals surface area contributed by atoms with E-state index in [2.05, 4.69) is 21.7 Å². The van der Waals surface area contributed by atoms with E-state index in [1.54, 1.807) is 26.0 Å². The highest BCUT2D eigenvalue weighted by Gasteiger charge is 2.14. The molecule has 0 aliphatic rings. The summed E-state index contributed by atoms with van der Waals surface area (Å²) < 4.78 is 6.05. The van der Waals surface area contributed by atoms with Crippen LogP contribution in [0.4, 0.5) is 0 Å². The maximum Gasteiger partial charge on any atom is 0.253 e. The Balaban J connectivity index is 0.00000480. The van der Waals surface area contributed by atoms with Gasteiger partial charge in [-0.2, -0.15) is 0 Å². The molecule has 170 valence electrons. The molecule has 0 heterocycles. The van der Waals surface area contributed by atoms with Gasteiger partial charge in [-0.05, 0) is 51.0 Å². The fraction of sp³-hybridized carbons (Fsp3) is 0.417. The molecule has 0 aliphatic heterocycles. The number of hydrogen-bond acceptors (Lipinski definition) is 3. The van der Waals surface area contributed by atoms with Crippen LogP contribution in [0.15, 0.2) is 53.5 Å². The number of carbonyl (C=O) groups excluding carboxylic acids is 1. The summed E-state index contributed by atoms with van der Waals surface area (Å²) in [6.45, 7) is 7.44. The highest BCUT2D eigenvalue weighted by atomic mass is 127. The van der Waals surface area contributed by atoms with Crippen LogP contribution in [0.2, 0.25) is 0 Å². The standard InChI is InChI=1S/C24H34N4O2.HI/c1-24(2,3)30-21-13-8-7-11-20(21)17-27-23(25-4)26-15-14-18-10-9-12-19(16-18)22(29)28(5)6;/h7-13,16H,14-15,17H2,1-6H3,(H2,25,26,27);1H. The quantitative estimate of drug-likeness (QED) is 0.317. The molecular weight excluding hydrogens is 503 g/mol. The predicted molar refractivity (Wildman–Crippen MR) is 139 cm³/mol. The summed E-state index contributed by atoms with van der Waals surface area (Å²) in [6, 6.07) is 15.8. The molecule has 7 heteroatoms. The smallest absolute Gasteiger partial charge is 0.253 e. The van der Waals surface area contributed by atoms with Crippen LogP contribution in [-0.4, -0.2) is 50.1 Å². The highest BCUT2D eigenvalue weighted by molar-refractivity contribution is 14.0. The van der Waals surface area contributed by atoms with E-state index in [4.69, 9.17) is 4.74 Å². The number of guanidine groups is 1. The zero-order valence-corrected chi connectivity index (χ0v) is 21.7. The first-order valence-electron chi connectivity index (χ1n) is 10.2. The van der Waals surface area contributed by atoms with Gasteiger partial charge in [0.2, 0.25) is 0 Å². The number of ether oxygens (including phenoxy) is 1. The zero-order chi connectivity index (χ0) is 22.1. The molecule has 0 saturated heterocycles. The van der Waals surface area contributed by atoms with Crippen molar-refractivity contribution in [3.8, 4) is 5.75 Å². The monoisotopic (exact) mass is 538 g/mol.